The molecule has 0 radical (unpaired) electrons. The number of carbonyl (C=O) groups is 2. The van der Waals surface area contributed by atoms with Crippen LogP contribution in [0.5, 0.6) is 5.75 Å². The van der Waals surface area contributed by atoms with Crippen LogP contribution in [0.15, 0.2) is 10.9 Å². The second-order valence-corrected chi connectivity index (χ2v) is 7.22. The van der Waals surface area contributed by atoms with Crippen molar-refractivity contribution in [3.63, 3.8) is 0 Å². The maximum absolute atomic E-state index is 12.9. The van der Waals surface area contributed by atoms with E-state index in [2.05, 4.69) is 15.2 Å². The summed E-state index contributed by atoms with van der Waals surface area (Å²) in [6, 6.07) is -2.78. The lowest BCUT2D eigenvalue weighted by Crippen LogP contribution is -2.47. The fourth-order valence-electron chi connectivity index (χ4n) is 1.90. The molecule has 164 valence electrons. The standard InChI is InChI=1S/C16H21ClF3N3O6/c1-8(16(18,19)20)23-12(24)10(6-11(17)22-23)28-7-9(13(25)27-5)21-14(26)29-15(2,3)4/h6,8-9H,7H2,1-5H3,(H,21,26)/t8-,9-/m0/s1. The molecule has 2 atom stereocenters. The van der Waals surface area contributed by atoms with Gasteiger partial charge >= 0.3 is 23.8 Å². The molecule has 1 rings (SSSR count). The van der Waals surface area contributed by atoms with Gasteiger partial charge in [0.2, 0.25) is 0 Å². The van der Waals surface area contributed by atoms with Crippen molar-refractivity contribution in [3.8, 4) is 5.75 Å². The van der Waals surface area contributed by atoms with Crippen molar-refractivity contribution < 1.29 is 37.0 Å². The number of hydrogen-bond acceptors (Lipinski definition) is 7. The van der Waals surface area contributed by atoms with Crippen molar-refractivity contribution in [2.75, 3.05) is 13.7 Å². The van der Waals surface area contributed by atoms with Crippen LogP contribution in [-0.2, 0) is 14.3 Å². The van der Waals surface area contributed by atoms with E-state index < -0.39 is 59.0 Å². The SMILES string of the molecule is COC(=O)[C@H](COc1cc(Cl)nn([C@@H](C)C(F)(F)F)c1=O)NC(=O)OC(C)(C)C. The zero-order valence-electron chi connectivity index (χ0n) is 16.3. The average molecular weight is 444 g/mol. The summed E-state index contributed by atoms with van der Waals surface area (Å²) in [6.45, 7) is 4.87. The van der Waals surface area contributed by atoms with Gasteiger partial charge in [0.05, 0.1) is 7.11 Å². The molecule has 0 saturated heterocycles. The first-order chi connectivity index (χ1) is 13.2. The Morgan fingerprint density at radius 3 is 2.38 bits per heavy atom. The largest absolute Gasteiger partial charge is 0.485 e. The van der Waals surface area contributed by atoms with Gasteiger partial charge in [-0.25, -0.2) is 14.3 Å². The van der Waals surface area contributed by atoms with Gasteiger partial charge in [-0.05, 0) is 27.7 Å². The minimum absolute atomic E-state index is 0.117. The summed E-state index contributed by atoms with van der Waals surface area (Å²) in [5.74, 6) is -1.53. The Balaban J connectivity index is 3.05. The van der Waals surface area contributed by atoms with Crippen LogP contribution in [0, 0.1) is 0 Å². The molecule has 0 aliphatic carbocycles. The van der Waals surface area contributed by atoms with Gasteiger partial charge < -0.3 is 19.5 Å². The predicted molar refractivity (Wildman–Crippen MR) is 94.9 cm³/mol. The Kier molecular flexibility index (Phi) is 7.90. The molecule has 0 aromatic carbocycles. The number of carbonyl (C=O) groups excluding carboxylic acids is 2. The van der Waals surface area contributed by atoms with E-state index in [1.165, 1.54) is 0 Å². The molecule has 0 aliphatic rings. The van der Waals surface area contributed by atoms with E-state index in [1.54, 1.807) is 20.8 Å². The third kappa shape index (κ3) is 7.44. The molecule has 1 heterocycles. The highest BCUT2D eigenvalue weighted by atomic mass is 35.5. The second kappa shape index (κ2) is 9.33. The fourth-order valence-corrected chi connectivity index (χ4v) is 2.08. The van der Waals surface area contributed by atoms with Gasteiger partial charge in [-0.15, -0.1) is 0 Å². The van der Waals surface area contributed by atoms with Gasteiger partial charge in [0.15, 0.2) is 16.9 Å². The number of methoxy groups -OCH3 is 1. The molecule has 0 aliphatic heterocycles. The van der Waals surface area contributed by atoms with Gasteiger partial charge in [0.1, 0.15) is 18.2 Å². The lowest BCUT2D eigenvalue weighted by molar-refractivity contribution is -0.166. The minimum atomic E-state index is -4.76. The number of nitrogens with one attached hydrogen (secondary N) is 1. The summed E-state index contributed by atoms with van der Waals surface area (Å²) in [7, 11) is 1.05. The van der Waals surface area contributed by atoms with Crippen LogP contribution < -0.4 is 15.6 Å². The van der Waals surface area contributed by atoms with Gasteiger partial charge in [-0.3, -0.25) is 4.79 Å². The van der Waals surface area contributed by atoms with Crippen molar-refractivity contribution in [2.24, 2.45) is 0 Å². The maximum Gasteiger partial charge on any atom is 0.410 e. The van der Waals surface area contributed by atoms with Gasteiger partial charge in [-0.1, -0.05) is 11.6 Å². The molecular formula is C16H21ClF3N3O6. The Labute approximate surface area is 169 Å². The molecular weight excluding hydrogens is 423 g/mol. The highest BCUT2D eigenvalue weighted by Crippen LogP contribution is 2.29. The summed E-state index contributed by atoms with van der Waals surface area (Å²) in [5, 5.41) is 5.11. The van der Waals surface area contributed by atoms with Gasteiger partial charge in [0.25, 0.3) is 0 Å². The lowest BCUT2D eigenvalue weighted by atomic mass is 10.2. The Hall–Kier alpha value is -2.50. The van der Waals surface area contributed by atoms with Crippen molar-refractivity contribution in [3.05, 3.63) is 21.6 Å². The van der Waals surface area contributed by atoms with E-state index >= 15 is 0 Å². The number of rotatable bonds is 6. The Bertz CT molecular complexity index is 807. The number of nitrogens with zero attached hydrogens (tertiary/aromatic N) is 2. The van der Waals surface area contributed by atoms with E-state index in [0.29, 0.717) is 0 Å². The highest BCUT2D eigenvalue weighted by Gasteiger charge is 2.39. The summed E-state index contributed by atoms with van der Waals surface area (Å²) >= 11 is 5.68. The first-order valence-electron chi connectivity index (χ1n) is 8.22. The fraction of sp³-hybridized carbons (Fsp3) is 0.625. The molecule has 0 unspecified atom stereocenters. The molecule has 0 bridgehead atoms. The van der Waals surface area contributed by atoms with Gasteiger partial charge in [-0.2, -0.15) is 18.3 Å². The molecule has 13 heteroatoms. The third-order valence-electron chi connectivity index (χ3n) is 3.30. The number of amides is 1. The van der Waals surface area contributed by atoms with Crippen molar-refractivity contribution in [1.29, 1.82) is 0 Å². The van der Waals surface area contributed by atoms with Crippen LogP contribution in [-0.4, -0.2) is 53.4 Å². The smallest absolute Gasteiger partial charge is 0.410 e. The number of alkyl halides is 3. The van der Waals surface area contributed by atoms with Crippen molar-refractivity contribution in [2.45, 2.75) is 51.6 Å². The predicted octanol–water partition coefficient (Wildman–Crippen LogP) is 2.47. The third-order valence-corrected chi connectivity index (χ3v) is 3.48. The van der Waals surface area contributed by atoms with Crippen LogP contribution in [0.4, 0.5) is 18.0 Å². The van der Waals surface area contributed by atoms with Crippen molar-refractivity contribution in [1.82, 2.24) is 15.1 Å². The first kappa shape index (κ1) is 24.5. The molecule has 1 aromatic rings. The van der Waals surface area contributed by atoms with Crippen molar-refractivity contribution >= 4 is 23.7 Å². The summed E-state index contributed by atoms with van der Waals surface area (Å²) in [5.41, 5.74) is -2.08. The minimum Gasteiger partial charge on any atom is -0.485 e. The van der Waals surface area contributed by atoms with Crippen LogP contribution in [0.1, 0.15) is 33.7 Å². The quantitative estimate of drug-likeness (QED) is 0.672. The Morgan fingerprint density at radius 1 is 1.31 bits per heavy atom. The van der Waals surface area contributed by atoms with E-state index in [9.17, 15) is 27.6 Å². The number of esters is 1. The topological polar surface area (TPSA) is 109 Å². The van der Waals surface area contributed by atoms with E-state index in [-0.39, 0.29) is 4.68 Å². The molecule has 29 heavy (non-hydrogen) atoms. The molecule has 0 spiro atoms. The normalized spacial score (nSPS) is 14.0. The number of aromatic nitrogens is 2. The molecule has 1 aromatic heterocycles. The van der Waals surface area contributed by atoms with Crippen LogP contribution >= 0.6 is 11.6 Å². The first-order valence-corrected chi connectivity index (χ1v) is 8.59. The number of hydrogen-bond donors (Lipinski definition) is 1. The summed E-state index contributed by atoms with van der Waals surface area (Å²) < 4.78 is 53.6. The van der Waals surface area contributed by atoms with Crippen LogP contribution in [0.25, 0.3) is 0 Å². The van der Waals surface area contributed by atoms with E-state index in [1.807, 2.05) is 0 Å². The second-order valence-electron chi connectivity index (χ2n) is 6.83. The summed E-state index contributed by atoms with van der Waals surface area (Å²) in [4.78, 5) is 36.0. The number of alkyl carbamates (subject to hydrolysis) is 1. The molecule has 1 N–H and O–H groups in total. The van der Waals surface area contributed by atoms with Crippen LogP contribution in [0.3, 0.4) is 0 Å². The monoisotopic (exact) mass is 443 g/mol. The molecule has 1 amide bonds. The highest BCUT2D eigenvalue weighted by molar-refractivity contribution is 6.29. The average Bonchev–Trinajstić information content (AvgIpc) is 2.57. The number of ether oxygens (including phenoxy) is 3. The Morgan fingerprint density at radius 2 is 1.90 bits per heavy atom. The zero-order valence-corrected chi connectivity index (χ0v) is 17.1. The summed E-state index contributed by atoms with van der Waals surface area (Å²) in [6.07, 6.45) is -5.72. The maximum atomic E-state index is 12.9. The van der Waals surface area contributed by atoms with Crippen LogP contribution in [0.2, 0.25) is 5.15 Å². The molecule has 9 nitrogen and oxygen atoms in total. The van der Waals surface area contributed by atoms with E-state index in [4.69, 9.17) is 21.1 Å². The zero-order chi connectivity index (χ0) is 22.6. The van der Waals surface area contributed by atoms with Gasteiger partial charge in [0, 0.05) is 6.07 Å². The molecule has 0 fully saturated rings. The van der Waals surface area contributed by atoms with E-state index in [0.717, 1.165) is 20.1 Å². The lowest BCUT2D eigenvalue weighted by Gasteiger charge is -2.23. The molecule has 0 saturated carbocycles. The number of halogens is 4.